The Balaban J connectivity index is 3.20. The summed E-state index contributed by atoms with van der Waals surface area (Å²) in [5.41, 5.74) is -1.72. The van der Waals surface area contributed by atoms with E-state index in [-0.39, 0.29) is 0 Å². The van der Waals surface area contributed by atoms with Crippen LogP contribution < -0.4 is 0 Å². The van der Waals surface area contributed by atoms with Crippen LogP contribution in [0, 0.1) is 0 Å². The molecule has 0 saturated carbocycles. The third kappa shape index (κ3) is 3.73. The molecule has 0 fully saturated rings. The number of Topliss-reactive ketones (excluding diaryl/α,β-unsaturated/α-hetero) is 1. The number of phosphoric acid groups is 1. The lowest BCUT2D eigenvalue weighted by atomic mass is 9.90. The van der Waals surface area contributed by atoms with Gasteiger partial charge in [-0.3, -0.25) is 9.32 Å². The van der Waals surface area contributed by atoms with Crippen LogP contribution in [0.25, 0.3) is 0 Å². The van der Waals surface area contributed by atoms with Gasteiger partial charge >= 0.3 is 7.82 Å². The van der Waals surface area contributed by atoms with E-state index in [1.165, 1.54) is 12.1 Å². The van der Waals surface area contributed by atoms with E-state index in [1.54, 1.807) is 18.2 Å². The van der Waals surface area contributed by atoms with Crippen molar-refractivity contribution < 1.29 is 28.8 Å². The van der Waals surface area contributed by atoms with E-state index in [2.05, 4.69) is 4.52 Å². The minimum atomic E-state index is -4.84. The largest absolute Gasteiger partial charge is 0.470 e. The standard InChI is InChI=1S/C11H15O6P/c1-8(12)11(2,13)10(17-18(14,15)16)9-6-4-3-5-7-9/h3-7,10,13H,1-2H3,(H2,14,15,16)/t10-,11+/m1/s1. The van der Waals surface area contributed by atoms with Crippen LogP contribution >= 0.6 is 7.82 Å². The molecule has 0 heterocycles. The van der Waals surface area contributed by atoms with E-state index in [0.717, 1.165) is 13.8 Å². The van der Waals surface area contributed by atoms with E-state index in [0.29, 0.717) is 5.56 Å². The fraction of sp³-hybridized carbons (Fsp3) is 0.364. The molecule has 0 aliphatic carbocycles. The molecule has 18 heavy (non-hydrogen) atoms. The number of rotatable bonds is 5. The van der Waals surface area contributed by atoms with Gasteiger partial charge in [-0.05, 0) is 19.4 Å². The van der Waals surface area contributed by atoms with Crippen molar-refractivity contribution in [2.45, 2.75) is 25.6 Å². The number of carbonyl (C=O) groups excluding carboxylic acids is 1. The van der Waals surface area contributed by atoms with Gasteiger partial charge in [0.15, 0.2) is 11.4 Å². The Hall–Kier alpha value is -1.04. The fourth-order valence-electron chi connectivity index (χ4n) is 1.44. The van der Waals surface area contributed by atoms with Gasteiger partial charge in [-0.2, -0.15) is 0 Å². The van der Waals surface area contributed by atoms with Crippen molar-refractivity contribution in [1.82, 2.24) is 0 Å². The Morgan fingerprint density at radius 3 is 2.22 bits per heavy atom. The summed E-state index contributed by atoms with van der Waals surface area (Å²) >= 11 is 0. The third-order valence-electron chi connectivity index (χ3n) is 2.57. The number of aliphatic hydroxyl groups is 1. The van der Waals surface area contributed by atoms with Crippen LogP contribution in [0.2, 0.25) is 0 Å². The lowest BCUT2D eigenvalue weighted by Crippen LogP contribution is -2.41. The van der Waals surface area contributed by atoms with Crippen LogP contribution in [0.3, 0.4) is 0 Å². The first-order valence-electron chi connectivity index (χ1n) is 5.17. The molecule has 7 heteroatoms. The van der Waals surface area contributed by atoms with Gasteiger partial charge in [-0.1, -0.05) is 30.3 Å². The van der Waals surface area contributed by atoms with Crippen molar-refractivity contribution >= 4 is 13.6 Å². The van der Waals surface area contributed by atoms with Crippen LogP contribution in [-0.2, 0) is 13.9 Å². The van der Waals surface area contributed by atoms with Crippen molar-refractivity contribution in [3.8, 4) is 0 Å². The fourth-order valence-corrected chi connectivity index (χ4v) is 2.04. The molecule has 1 aromatic rings. The highest BCUT2D eigenvalue weighted by Crippen LogP contribution is 2.46. The topological polar surface area (TPSA) is 104 Å². The summed E-state index contributed by atoms with van der Waals surface area (Å²) in [5, 5.41) is 10.1. The summed E-state index contributed by atoms with van der Waals surface area (Å²) in [4.78, 5) is 29.1. The maximum atomic E-state index is 11.4. The number of ketones is 1. The molecule has 0 amide bonds. The van der Waals surface area contributed by atoms with E-state index in [9.17, 15) is 14.5 Å². The lowest BCUT2D eigenvalue weighted by Gasteiger charge is -2.30. The number of hydrogen-bond acceptors (Lipinski definition) is 4. The average molecular weight is 274 g/mol. The van der Waals surface area contributed by atoms with Crippen LogP contribution in [0.5, 0.6) is 0 Å². The molecule has 3 N–H and O–H groups in total. The molecule has 0 spiro atoms. The van der Waals surface area contributed by atoms with Gasteiger partial charge in [-0.25, -0.2) is 4.57 Å². The predicted octanol–water partition coefficient (Wildman–Crippen LogP) is 1.18. The molecular weight excluding hydrogens is 259 g/mol. The molecule has 6 nitrogen and oxygen atoms in total. The minimum absolute atomic E-state index is 0.307. The van der Waals surface area contributed by atoms with Crippen molar-refractivity contribution in [1.29, 1.82) is 0 Å². The monoisotopic (exact) mass is 274 g/mol. The number of benzene rings is 1. The molecule has 100 valence electrons. The van der Waals surface area contributed by atoms with Crippen molar-refractivity contribution in [3.05, 3.63) is 35.9 Å². The molecule has 0 aliphatic heterocycles. The van der Waals surface area contributed by atoms with Gasteiger partial charge < -0.3 is 14.9 Å². The van der Waals surface area contributed by atoms with Gasteiger partial charge in [0.05, 0.1) is 0 Å². The van der Waals surface area contributed by atoms with Crippen LogP contribution in [0.15, 0.2) is 30.3 Å². The predicted molar refractivity (Wildman–Crippen MR) is 63.6 cm³/mol. The van der Waals surface area contributed by atoms with Gasteiger partial charge in [0.2, 0.25) is 0 Å². The summed E-state index contributed by atoms with van der Waals surface area (Å²) in [6, 6.07) is 7.94. The van der Waals surface area contributed by atoms with Crippen molar-refractivity contribution in [2.75, 3.05) is 0 Å². The van der Waals surface area contributed by atoms with Crippen LogP contribution in [0.1, 0.15) is 25.5 Å². The first-order valence-corrected chi connectivity index (χ1v) is 6.70. The maximum Gasteiger partial charge on any atom is 0.470 e. The zero-order chi connectivity index (χ0) is 14.0. The SMILES string of the molecule is CC(=O)[C@](C)(O)[C@H](OP(=O)(O)O)c1ccccc1. The molecule has 1 rings (SSSR count). The minimum Gasteiger partial charge on any atom is -0.379 e. The highest BCUT2D eigenvalue weighted by atomic mass is 31.2. The summed E-state index contributed by atoms with van der Waals surface area (Å²) in [6.07, 6.45) is -1.43. The third-order valence-corrected chi connectivity index (χ3v) is 3.05. The number of phosphoric ester groups is 1. The first-order chi connectivity index (χ1) is 8.14. The smallest absolute Gasteiger partial charge is 0.379 e. The van der Waals surface area contributed by atoms with Crippen LogP contribution in [-0.4, -0.2) is 26.3 Å². The molecule has 0 aromatic heterocycles. The van der Waals surface area contributed by atoms with E-state index in [1.807, 2.05) is 0 Å². The molecule has 2 atom stereocenters. The molecule has 0 radical (unpaired) electrons. The summed E-state index contributed by atoms with van der Waals surface area (Å²) in [6.45, 7) is 2.28. The second-order valence-electron chi connectivity index (χ2n) is 4.09. The molecular formula is C11H15O6P. The quantitative estimate of drug-likeness (QED) is 0.696. The van der Waals surface area contributed by atoms with E-state index < -0.39 is 25.3 Å². The Morgan fingerprint density at radius 1 is 1.33 bits per heavy atom. The number of carbonyl (C=O) groups is 1. The second kappa shape index (κ2) is 5.30. The highest BCUT2D eigenvalue weighted by molar-refractivity contribution is 7.46. The van der Waals surface area contributed by atoms with Crippen LogP contribution in [0.4, 0.5) is 0 Å². The Kier molecular flexibility index (Phi) is 4.42. The first kappa shape index (κ1) is 15.0. The van der Waals surface area contributed by atoms with Gasteiger partial charge in [0.25, 0.3) is 0 Å². The van der Waals surface area contributed by atoms with Gasteiger partial charge in [0.1, 0.15) is 6.10 Å². The summed E-state index contributed by atoms with van der Waals surface area (Å²) < 4.78 is 15.5. The van der Waals surface area contributed by atoms with Crippen molar-refractivity contribution in [2.24, 2.45) is 0 Å². The Bertz CT molecular complexity index is 464. The summed E-state index contributed by atoms with van der Waals surface area (Å²) in [5.74, 6) is -0.648. The molecule has 0 aliphatic rings. The molecule has 0 bridgehead atoms. The van der Waals surface area contributed by atoms with Gasteiger partial charge in [0, 0.05) is 0 Å². The van der Waals surface area contributed by atoms with E-state index >= 15 is 0 Å². The lowest BCUT2D eigenvalue weighted by molar-refractivity contribution is -0.144. The zero-order valence-corrected chi connectivity index (χ0v) is 10.9. The Labute approximate surface area is 104 Å². The number of hydrogen-bond donors (Lipinski definition) is 3. The average Bonchev–Trinajstić information content (AvgIpc) is 2.25. The zero-order valence-electron chi connectivity index (χ0n) is 9.98. The molecule has 0 unspecified atom stereocenters. The highest BCUT2D eigenvalue weighted by Gasteiger charge is 2.42. The molecule has 0 saturated heterocycles. The Morgan fingerprint density at radius 2 is 1.83 bits per heavy atom. The van der Waals surface area contributed by atoms with E-state index in [4.69, 9.17) is 9.79 Å². The molecule has 1 aromatic carbocycles. The van der Waals surface area contributed by atoms with Gasteiger partial charge in [-0.15, -0.1) is 0 Å². The summed E-state index contributed by atoms with van der Waals surface area (Å²) in [7, 11) is -4.84. The second-order valence-corrected chi connectivity index (χ2v) is 5.28. The maximum absolute atomic E-state index is 11.4. The van der Waals surface area contributed by atoms with Crippen molar-refractivity contribution in [3.63, 3.8) is 0 Å². The normalized spacial score (nSPS) is 16.9.